The lowest BCUT2D eigenvalue weighted by molar-refractivity contribution is -0.572. The molecule has 0 fully saturated rings. The number of fused-ring (bicyclic) bond motifs is 1. The van der Waals surface area contributed by atoms with E-state index in [1.807, 2.05) is 0 Å². The summed E-state index contributed by atoms with van der Waals surface area (Å²) in [7, 11) is 3.07. The number of ketones is 1. The number of Topliss-reactive ketones (excluding diaryl/α,β-unsaturated/α-hetero) is 1. The Balaban J connectivity index is 1.83. The second-order valence-corrected chi connectivity index (χ2v) is 8.10. The molecule has 2 aromatic rings. The highest BCUT2D eigenvalue weighted by Gasteiger charge is 2.50. The lowest BCUT2D eigenvalue weighted by Gasteiger charge is -2.37. The molecule has 170 valence electrons. The minimum atomic E-state index is -5.22. The summed E-state index contributed by atoms with van der Waals surface area (Å²) in [6.07, 6.45) is 5.34. The highest BCUT2D eigenvalue weighted by Crippen LogP contribution is 2.37. The van der Waals surface area contributed by atoms with Gasteiger partial charge in [0, 0.05) is 11.8 Å². The van der Waals surface area contributed by atoms with Crippen LogP contribution >= 0.6 is 11.3 Å². The van der Waals surface area contributed by atoms with Crippen LogP contribution in [0, 0.1) is 18.4 Å². The molecule has 0 radical (unpaired) electrons. The first-order chi connectivity index (χ1) is 15.6. The number of nitrogens with zero attached hydrogens (tertiary/aromatic N) is 4. The maximum absolute atomic E-state index is 13.5. The lowest BCUT2D eigenvalue weighted by atomic mass is 9.88. The predicted octanol–water partition coefficient (Wildman–Crippen LogP) is 3.07. The summed E-state index contributed by atoms with van der Waals surface area (Å²) in [6.45, 7) is 0. The van der Waals surface area contributed by atoms with Gasteiger partial charge in [-0.1, -0.05) is 12.1 Å². The van der Waals surface area contributed by atoms with E-state index in [2.05, 4.69) is 4.98 Å². The standard InChI is InChI=1S/C22H16F3N4O3S/c1-27(2)21(32)28-11-15(14-7-3-4-8-16(14)28)18(30)17-12-33-19(13-6-5-9-26-10-13)29(17)20(31)22(23,24)25/h3-12H,1-2H3/q-1. The number of carbonyl (C=O) groups excluding carboxylic acids is 3. The Morgan fingerprint density at radius 2 is 2.00 bits per heavy atom. The predicted molar refractivity (Wildman–Crippen MR) is 112 cm³/mol. The largest absolute Gasteiger partial charge is 0.494 e. The quantitative estimate of drug-likeness (QED) is 0.297. The first-order valence-electron chi connectivity index (χ1n) is 9.53. The molecule has 0 spiro atoms. The van der Waals surface area contributed by atoms with Gasteiger partial charge in [0.05, 0.1) is 14.1 Å². The zero-order chi connectivity index (χ0) is 23.9. The van der Waals surface area contributed by atoms with Gasteiger partial charge >= 0.3 is 23.1 Å². The number of allylic oxidation sites excluding steroid dienone is 2. The Labute approximate surface area is 190 Å². The third-order valence-corrected chi connectivity index (χ3v) is 5.84. The summed E-state index contributed by atoms with van der Waals surface area (Å²) in [5.41, 5.74) is 0.170. The first-order valence-corrected chi connectivity index (χ1v) is 10.4. The van der Waals surface area contributed by atoms with Crippen LogP contribution in [0.4, 0.5) is 18.0 Å². The van der Waals surface area contributed by atoms with Crippen LogP contribution < -0.4 is 4.57 Å². The van der Waals surface area contributed by atoms with Gasteiger partial charge in [0.25, 0.3) is 0 Å². The molecule has 0 saturated carbocycles. The minimum Gasteiger partial charge on any atom is -0.327 e. The summed E-state index contributed by atoms with van der Waals surface area (Å²) in [6, 6.07) is 2.98. The fourth-order valence-electron chi connectivity index (χ4n) is 3.37. The molecule has 1 aliphatic heterocycles. The Morgan fingerprint density at radius 3 is 2.64 bits per heavy atom. The van der Waals surface area contributed by atoms with Crippen molar-refractivity contribution in [3.63, 3.8) is 0 Å². The van der Waals surface area contributed by atoms with Crippen LogP contribution in [0.3, 0.4) is 0 Å². The van der Waals surface area contributed by atoms with Crippen molar-refractivity contribution >= 4 is 35.3 Å². The van der Waals surface area contributed by atoms with Crippen molar-refractivity contribution in [3.05, 3.63) is 77.8 Å². The summed E-state index contributed by atoms with van der Waals surface area (Å²) in [4.78, 5) is 43.6. The fourth-order valence-corrected chi connectivity index (χ4v) is 4.35. The number of hydrogen-bond donors (Lipinski definition) is 0. The van der Waals surface area contributed by atoms with E-state index in [1.165, 1.54) is 59.7 Å². The van der Waals surface area contributed by atoms with Gasteiger partial charge in [0.15, 0.2) is 0 Å². The topological polar surface area (TPSA) is 74.2 Å². The number of urea groups is 1. The van der Waals surface area contributed by atoms with E-state index in [0.717, 1.165) is 11.3 Å². The van der Waals surface area contributed by atoms with Gasteiger partial charge < -0.3 is 16.4 Å². The maximum Gasteiger partial charge on any atom is 0.494 e. The summed E-state index contributed by atoms with van der Waals surface area (Å²) in [5.74, 6) is -3.01. The third kappa shape index (κ3) is 3.91. The average molecular weight is 473 g/mol. The molecule has 11 heteroatoms. The molecular formula is C22H16F3N4O3S-. The highest BCUT2D eigenvalue weighted by molar-refractivity contribution is 7.13. The molecule has 33 heavy (non-hydrogen) atoms. The smallest absolute Gasteiger partial charge is 0.327 e. The van der Waals surface area contributed by atoms with E-state index in [1.54, 1.807) is 24.6 Å². The summed E-state index contributed by atoms with van der Waals surface area (Å²) >= 11 is 0.819. The van der Waals surface area contributed by atoms with E-state index in [9.17, 15) is 27.6 Å². The number of rotatable bonds is 3. The normalized spacial score (nSPS) is 14.9. The molecular weight excluding hydrogens is 457 g/mol. The molecule has 0 atom stereocenters. The molecule has 3 heterocycles. The zero-order valence-corrected chi connectivity index (χ0v) is 18.1. The number of halogens is 3. The fraction of sp³-hybridized carbons (Fsp3) is 0.136. The monoisotopic (exact) mass is 473 g/mol. The molecule has 2 amide bonds. The second-order valence-electron chi connectivity index (χ2n) is 7.24. The molecule has 0 unspecified atom stereocenters. The van der Waals surface area contributed by atoms with E-state index in [-0.39, 0.29) is 16.5 Å². The van der Waals surface area contributed by atoms with Crippen LogP contribution in [0.15, 0.2) is 53.7 Å². The van der Waals surface area contributed by atoms with Gasteiger partial charge in [-0.3, -0.25) is 16.0 Å². The zero-order valence-electron chi connectivity index (χ0n) is 17.3. The second kappa shape index (κ2) is 8.24. The molecule has 0 aromatic carbocycles. The number of aromatic nitrogens is 2. The van der Waals surface area contributed by atoms with Crippen LogP contribution in [0.1, 0.15) is 15.3 Å². The van der Waals surface area contributed by atoms with Crippen LogP contribution in [-0.2, 0) is 0 Å². The van der Waals surface area contributed by atoms with E-state index >= 15 is 0 Å². The van der Waals surface area contributed by atoms with Crippen LogP contribution in [0.25, 0.3) is 10.6 Å². The molecule has 7 nitrogen and oxygen atoms in total. The van der Waals surface area contributed by atoms with E-state index in [4.69, 9.17) is 0 Å². The van der Waals surface area contributed by atoms with Gasteiger partial charge in [-0.25, -0.2) is 21.8 Å². The summed E-state index contributed by atoms with van der Waals surface area (Å²) in [5, 5.41) is 1.12. The minimum absolute atomic E-state index is 0.0000566. The molecule has 2 aliphatic rings. The maximum atomic E-state index is 13.5. The van der Waals surface area contributed by atoms with Gasteiger partial charge in [-0.15, -0.1) is 10.6 Å². The Morgan fingerprint density at radius 1 is 1.24 bits per heavy atom. The van der Waals surface area contributed by atoms with Crippen molar-refractivity contribution in [2.45, 2.75) is 6.18 Å². The Kier molecular flexibility index (Phi) is 5.58. The van der Waals surface area contributed by atoms with Gasteiger partial charge in [0.2, 0.25) is 22.4 Å². The van der Waals surface area contributed by atoms with Crippen molar-refractivity contribution in [3.8, 4) is 10.6 Å². The first kappa shape index (κ1) is 22.3. The third-order valence-electron chi connectivity index (χ3n) is 4.86. The van der Waals surface area contributed by atoms with Crippen LogP contribution in [-0.4, -0.2) is 58.7 Å². The van der Waals surface area contributed by atoms with Crippen molar-refractivity contribution in [1.82, 2.24) is 9.88 Å². The average Bonchev–Trinajstić information content (AvgIpc) is 3.40. The molecule has 4 rings (SSSR count). The van der Waals surface area contributed by atoms with Gasteiger partial charge in [-0.2, -0.15) is 23.9 Å². The van der Waals surface area contributed by atoms with Gasteiger partial charge in [0.1, 0.15) is 5.78 Å². The van der Waals surface area contributed by atoms with Crippen LogP contribution in [0.2, 0.25) is 0 Å². The van der Waals surface area contributed by atoms with Crippen molar-refractivity contribution in [2.75, 3.05) is 14.1 Å². The van der Waals surface area contributed by atoms with Crippen molar-refractivity contribution in [1.29, 1.82) is 0 Å². The lowest BCUT2D eigenvalue weighted by Crippen LogP contribution is -2.54. The Hall–Kier alpha value is -3.86. The summed E-state index contributed by atoms with van der Waals surface area (Å²) < 4.78 is 42.0. The Bertz CT molecular complexity index is 1230. The molecule has 2 aromatic heterocycles. The number of carbonyl (C=O) groups is 3. The molecule has 1 aliphatic carbocycles. The van der Waals surface area contributed by atoms with Crippen LogP contribution in [0.5, 0.6) is 0 Å². The number of pyridine rings is 1. The van der Waals surface area contributed by atoms with Crippen molar-refractivity contribution < 1.29 is 36.7 Å². The molecule has 0 N–H and O–H groups in total. The number of thiazole rings is 1. The SMILES string of the molecule is CN(C)C(=O)[N+]1=C[C-](C(=O)c2c[s+][c-](-c3cccnc3)[n+]2C(=O)C(F)(F)F)C2=C[CH-]C=C[C-]21. The number of amides is 2. The highest BCUT2D eigenvalue weighted by atomic mass is 32.1. The van der Waals surface area contributed by atoms with Gasteiger partial charge in [-0.05, 0) is 12.4 Å². The van der Waals surface area contributed by atoms with E-state index < -0.39 is 29.6 Å². The molecule has 0 saturated heterocycles. The van der Waals surface area contributed by atoms with E-state index in [0.29, 0.717) is 16.2 Å². The molecule has 0 bridgehead atoms. The number of alkyl halides is 3. The number of hydrogen-bond acceptors (Lipinski definition) is 4. The van der Waals surface area contributed by atoms with Crippen molar-refractivity contribution in [2.24, 2.45) is 0 Å².